The van der Waals surface area contributed by atoms with Crippen LogP contribution in [0.3, 0.4) is 0 Å². The average molecular weight is 279 g/mol. The van der Waals surface area contributed by atoms with Crippen LogP contribution in [-0.4, -0.2) is 24.8 Å². The largest absolute Gasteiger partial charge is 0.372 e. The van der Waals surface area contributed by atoms with Crippen molar-refractivity contribution < 1.29 is 4.74 Å². The Bertz CT molecular complexity index is 298. The molecular formula is C18H33NO. The minimum Gasteiger partial charge on any atom is -0.372 e. The van der Waals surface area contributed by atoms with Crippen molar-refractivity contribution in [2.24, 2.45) is 5.92 Å². The van der Waals surface area contributed by atoms with E-state index in [4.69, 9.17) is 4.74 Å². The van der Waals surface area contributed by atoms with Crippen LogP contribution in [0.15, 0.2) is 0 Å². The van der Waals surface area contributed by atoms with Crippen LogP contribution in [0.2, 0.25) is 0 Å². The van der Waals surface area contributed by atoms with Gasteiger partial charge in [-0.15, -0.1) is 0 Å². The highest BCUT2D eigenvalue weighted by atomic mass is 16.5. The van der Waals surface area contributed by atoms with Crippen molar-refractivity contribution >= 4 is 0 Å². The standard InChI is InChI=1S/C18H33NO/c1-19-17-9-5-2-4-8-15(17)14-16-10-13-18(20-16)11-6-3-7-12-18/h15-17,19H,2-14H2,1H3. The first-order chi connectivity index (χ1) is 9.81. The Kier molecular flexibility index (Phi) is 5.04. The van der Waals surface area contributed by atoms with Gasteiger partial charge in [-0.25, -0.2) is 0 Å². The second kappa shape index (κ2) is 6.79. The maximum Gasteiger partial charge on any atom is 0.0687 e. The van der Waals surface area contributed by atoms with Crippen LogP contribution < -0.4 is 5.32 Å². The first kappa shape index (κ1) is 14.8. The first-order valence-electron chi connectivity index (χ1n) is 9.16. The minimum absolute atomic E-state index is 0.308. The molecule has 1 heterocycles. The smallest absolute Gasteiger partial charge is 0.0687 e. The Hall–Kier alpha value is -0.0800. The number of ether oxygens (including phenoxy) is 1. The lowest BCUT2D eigenvalue weighted by Gasteiger charge is -2.34. The predicted molar refractivity (Wildman–Crippen MR) is 84.0 cm³/mol. The number of nitrogens with one attached hydrogen (secondary N) is 1. The van der Waals surface area contributed by atoms with E-state index in [0.29, 0.717) is 11.7 Å². The van der Waals surface area contributed by atoms with Crippen molar-refractivity contribution in [3.05, 3.63) is 0 Å². The lowest BCUT2D eigenvalue weighted by molar-refractivity contribution is -0.0712. The Balaban J connectivity index is 1.54. The molecule has 1 aliphatic heterocycles. The average Bonchev–Trinajstić information content (AvgIpc) is 2.71. The molecule has 3 unspecified atom stereocenters. The molecule has 0 aromatic carbocycles. The molecule has 1 N–H and O–H groups in total. The molecular weight excluding hydrogens is 246 g/mol. The number of hydrogen-bond donors (Lipinski definition) is 1. The minimum atomic E-state index is 0.308. The number of hydrogen-bond acceptors (Lipinski definition) is 2. The predicted octanol–water partition coefficient (Wildman–Crippen LogP) is 4.43. The summed E-state index contributed by atoms with van der Waals surface area (Å²) in [6.07, 6.45) is 18.5. The topological polar surface area (TPSA) is 21.3 Å². The van der Waals surface area contributed by atoms with Crippen molar-refractivity contribution in [1.82, 2.24) is 5.32 Å². The molecule has 0 amide bonds. The first-order valence-corrected chi connectivity index (χ1v) is 9.16. The van der Waals surface area contributed by atoms with Crippen molar-refractivity contribution in [2.45, 2.75) is 101 Å². The molecule has 0 bridgehead atoms. The van der Waals surface area contributed by atoms with Crippen LogP contribution in [-0.2, 0) is 4.74 Å². The molecule has 3 rings (SSSR count). The van der Waals surface area contributed by atoms with Crippen molar-refractivity contribution in [1.29, 1.82) is 0 Å². The van der Waals surface area contributed by atoms with Crippen LogP contribution in [0.25, 0.3) is 0 Å². The van der Waals surface area contributed by atoms with Gasteiger partial charge in [0, 0.05) is 6.04 Å². The molecule has 20 heavy (non-hydrogen) atoms. The molecule has 0 radical (unpaired) electrons. The summed E-state index contributed by atoms with van der Waals surface area (Å²) in [7, 11) is 2.15. The Morgan fingerprint density at radius 3 is 2.45 bits per heavy atom. The lowest BCUT2D eigenvalue weighted by Crippen LogP contribution is -2.36. The van der Waals surface area contributed by atoms with Gasteiger partial charge in [0.1, 0.15) is 0 Å². The fraction of sp³-hybridized carbons (Fsp3) is 1.00. The van der Waals surface area contributed by atoms with E-state index in [2.05, 4.69) is 12.4 Å². The van der Waals surface area contributed by atoms with E-state index in [-0.39, 0.29) is 0 Å². The summed E-state index contributed by atoms with van der Waals surface area (Å²) >= 11 is 0. The highest BCUT2D eigenvalue weighted by molar-refractivity contribution is 4.93. The third kappa shape index (κ3) is 3.39. The molecule has 0 aromatic rings. The summed E-state index contributed by atoms with van der Waals surface area (Å²) in [5, 5.41) is 3.58. The normalized spacial score (nSPS) is 38.0. The second-order valence-corrected chi connectivity index (χ2v) is 7.55. The van der Waals surface area contributed by atoms with Gasteiger partial charge >= 0.3 is 0 Å². The van der Waals surface area contributed by atoms with Gasteiger partial charge in [-0.1, -0.05) is 38.5 Å². The van der Waals surface area contributed by atoms with Crippen molar-refractivity contribution in [3.63, 3.8) is 0 Å². The fourth-order valence-electron chi connectivity index (χ4n) is 5.01. The summed E-state index contributed by atoms with van der Waals surface area (Å²) in [5.41, 5.74) is 0.308. The maximum absolute atomic E-state index is 6.60. The zero-order valence-corrected chi connectivity index (χ0v) is 13.3. The van der Waals surface area contributed by atoms with Crippen LogP contribution >= 0.6 is 0 Å². The fourth-order valence-corrected chi connectivity index (χ4v) is 5.01. The molecule has 116 valence electrons. The molecule has 2 nitrogen and oxygen atoms in total. The van der Waals surface area contributed by atoms with Gasteiger partial charge in [0.2, 0.25) is 0 Å². The Morgan fingerprint density at radius 2 is 1.65 bits per heavy atom. The second-order valence-electron chi connectivity index (χ2n) is 7.55. The van der Waals surface area contributed by atoms with Gasteiger partial charge in [-0.3, -0.25) is 0 Å². The molecule has 3 aliphatic rings. The SMILES string of the molecule is CNC1CCCCCC1CC1CCC2(CCCCC2)O1. The van der Waals surface area contributed by atoms with E-state index in [1.54, 1.807) is 0 Å². The zero-order chi connectivity index (χ0) is 13.8. The van der Waals surface area contributed by atoms with Gasteiger partial charge in [0.25, 0.3) is 0 Å². The molecule has 0 aromatic heterocycles. The maximum atomic E-state index is 6.60. The molecule has 2 aliphatic carbocycles. The van der Waals surface area contributed by atoms with Gasteiger partial charge in [-0.05, 0) is 57.9 Å². The van der Waals surface area contributed by atoms with Crippen molar-refractivity contribution in [2.75, 3.05) is 7.05 Å². The van der Waals surface area contributed by atoms with Crippen LogP contribution in [0.1, 0.15) is 83.5 Å². The van der Waals surface area contributed by atoms with Crippen LogP contribution in [0, 0.1) is 5.92 Å². The highest BCUT2D eigenvalue weighted by Gasteiger charge is 2.41. The van der Waals surface area contributed by atoms with Crippen LogP contribution in [0.5, 0.6) is 0 Å². The van der Waals surface area contributed by atoms with Gasteiger partial charge in [0.15, 0.2) is 0 Å². The van der Waals surface area contributed by atoms with E-state index in [9.17, 15) is 0 Å². The lowest BCUT2D eigenvalue weighted by atomic mass is 9.82. The van der Waals surface area contributed by atoms with Crippen molar-refractivity contribution in [3.8, 4) is 0 Å². The van der Waals surface area contributed by atoms with E-state index in [0.717, 1.165) is 12.0 Å². The van der Waals surface area contributed by atoms with E-state index < -0.39 is 0 Å². The van der Waals surface area contributed by atoms with E-state index in [1.165, 1.54) is 83.5 Å². The van der Waals surface area contributed by atoms with Crippen LogP contribution in [0.4, 0.5) is 0 Å². The third-order valence-corrected chi connectivity index (χ3v) is 6.20. The molecule has 1 saturated heterocycles. The summed E-state index contributed by atoms with van der Waals surface area (Å²) in [6.45, 7) is 0. The molecule has 2 saturated carbocycles. The summed E-state index contributed by atoms with van der Waals surface area (Å²) < 4.78 is 6.60. The Labute approximate surface area is 125 Å². The highest BCUT2D eigenvalue weighted by Crippen LogP contribution is 2.44. The third-order valence-electron chi connectivity index (χ3n) is 6.20. The molecule has 3 fully saturated rings. The molecule has 3 atom stereocenters. The Morgan fingerprint density at radius 1 is 0.900 bits per heavy atom. The zero-order valence-electron chi connectivity index (χ0n) is 13.3. The summed E-state index contributed by atoms with van der Waals surface area (Å²) in [6, 6.07) is 0.740. The molecule has 2 heteroatoms. The molecule has 1 spiro atoms. The summed E-state index contributed by atoms with van der Waals surface area (Å²) in [4.78, 5) is 0. The quantitative estimate of drug-likeness (QED) is 0.772. The van der Waals surface area contributed by atoms with Gasteiger partial charge < -0.3 is 10.1 Å². The number of rotatable bonds is 3. The van der Waals surface area contributed by atoms with E-state index in [1.807, 2.05) is 0 Å². The monoisotopic (exact) mass is 279 g/mol. The summed E-state index contributed by atoms with van der Waals surface area (Å²) in [5.74, 6) is 0.853. The van der Waals surface area contributed by atoms with Gasteiger partial charge in [0.05, 0.1) is 11.7 Å². The van der Waals surface area contributed by atoms with E-state index >= 15 is 0 Å². The van der Waals surface area contributed by atoms with Gasteiger partial charge in [-0.2, -0.15) is 0 Å².